The second-order valence-corrected chi connectivity index (χ2v) is 4.09. The maximum Gasteiger partial charge on any atom is 0.0459 e. The van der Waals surface area contributed by atoms with Gasteiger partial charge in [0.05, 0.1) is 0 Å². The highest BCUT2D eigenvalue weighted by Gasteiger charge is 2.01. The van der Waals surface area contributed by atoms with Crippen molar-refractivity contribution in [3.8, 4) is 0 Å². The van der Waals surface area contributed by atoms with E-state index in [1.54, 1.807) is 0 Å². The van der Waals surface area contributed by atoms with Crippen LogP contribution in [-0.2, 0) is 6.42 Å². The lowest BCUT2D eigenvalue weighted by molar-refractivity contribution is 1.18. The van der Waals surface area contributed by atoms with Gasteiger partial charge in [-0.3, -0.25) is 0 Å². The summed E-state index contributed by atoms with van der Waals surface area (Å²) in [6.45, 7) is 2.12. The average molecular weight is 238 g/mol. The van der Waals surface area contributed by atoms with Crippen LogP contribution in [0.25, 0.3) is 10.9 Å². The first-order valence-electron chi connectivity index (χ1n) is 4.44. The Bertz CT molecular complexity index is 417. The summed E-state index contributed by atoms with van der Waals surface area (Å²) in [7, 11) is 0. The van der Waals surface area contributed by atoms with Gasteiger partial charge in [-0.05, 0) is 30.5 Å². The minimum atomic E-state index is 1.02. The van der Waals surface area contributed by atoms with Crippen LogP contribution < -0.4 is 0 Å². The van der Waals surface area contributed by atoms with Crippen LogP contribution in [0.2, 0.25) is 0 Å². The van der Waals surface area contributed by atoms with Crippen molar-refractivity contribution in [2.45, 2.75) is 13.3 Å². The van der Waals surface area contributed by atoms with Crippen LogP contribution in [-0.4, -0.2) is 10.3 Å². The number of alkyl halides is 1. The van der Waals surface area contributed by atoms with Crippen molar-refractivity contribution in [1.29, 1.82) is 0 Å². The molecule has 0 saturated heterocycles. The maximum atomic E-state index is 3.46. The molecule has 1 aromatic heterocycles. The molecular weight excluding hydrogens is 226 g/mol. The molecule has 0 spiro atoms. The standard InChI is InChI=1S/C11H12BrN/c1-8-2-3-10-9(4-5-12)7-13-11(10)6-8/h2-3,6-7,13H,4-5H2,1H3. The maximum absolute atomic E-state index is 3.46. The van der Waals surface area contributed by atoms with Crippen molar-refractivity contribution < 1.29 is 0 Å². The zero-order valence-electron chi connectivity index (χ0n) is 7.60. The van der Waals surface area contributed by atoms with Crippen LogP contribution in [0.5, 0.6) is 0 Å². The van der Waals surface area contributed by atoms with Gasteiger partial charge in [-0.15, -0.1) is 0 Å². The normalized spacial score (nSPS) is 10.9. The molecule has 0 amide bonds. The van der Waals surface area contributed by atoms with Crippen molar-refractivity contribution >= 4 is 26.8 Å². The molecule has 0 atom stereocenters. The lowest BCUT2D eigenvalue weighted by atomic mass is 10.1. The Labute approximate surface area is 86.3 Å². The topological polar surface area (TPSA) is 15.8 Å². The molecule has 1 nitrogen and oxygen atoms in total. The number of H-pyrrole nitrogens is 1. The monoisotopic (exact) mass is 237 g/mol. The molecule has 0 aliphatic rings. The molecule has 68 valence electrons. The van der Waals surface area contributed by atoms with Gasteiger partial charge >= 0.3 is 0 Å². The zero-order chi connectivity index (χ0) is 9.26. The van der Waals surface area contributed by atoms with E-state index in [1.807, 2.05) is 0 Å². The highest BCUT2D eigenvalue weighted by atomic mass is 79.9. The molecule has 0 fully saturated rings. The molecule has 2 rings (SSSR count). The lowest BCUT2D eigenvalue weighted by Gasteiger charge is -1.95. The van der Waals surface area contributed by atoms with Crippen LogP contribution in [0.4, 0.5) is 0 Å². The Morgan fingerprint density at radius 2 is 2.23 bits per heavy atom. The first-order chi connectivity index (χ1) is 6.31. The van der Waals surface area contributed by atoms with Crippen LogP contribution in [0.15, 0.2) is 24.4 Å². The van der Waals surface area contributed by atoms with E-state index < -0.39 is 0 Å². The molecular formula is C11H12BrN. The van der Waals surface area contributed by atoms with E-state index >= 15 is 0 Å². The number of aryl methyl sites for hydroxylation is 2. The number of aromatic nitrogens is 1. The van der Waals surface area contributed by atoms with E-state index in [0.29, 0.717) is 0 Å². The van der Waals surface area contributed by atoms with Crippen molar-refractivity contribution in [1.82, 2.24) is 4.98 Å². The molecule has 0 unspecified atom stereocenters. The van der Waals surface area contributed by atoms with Gasteiger partial charge in [0.2, 0.25) is 0 Å². The van der Waals surface area contributed by atoms with Crippen LogP contribution in [0.1, 0.15) is 11.1 Å². The summed E-state index contributed by atoms with van der Waals surface area (Å²) < 4.78 is 0. The molecule has 13 heavy (non-hydrogen) atoms. The summed E-state index contributed by atoms with van der Waals surface area (Å²) in [6, 6.07) is 6.54. The number of rotatable bonds is 2. The van der Waals surface area contributed by atoms with Crippen LogP contribution >= 0.6 is 15.9 Å². The van der Waals surface area contributed by atoms with Crippen molar-refractivity contribution in [3.05, 3.63) is 35.5 Å². The van der Waals surface area contributed by atoms with E-state index in [2.05, 4.69) is 52.2 Å². The Morgan fingerprint density at radius 3 is 3.00 bits per heavy atom. The number of fused-ring (bicyclic) bond motifs is 1. The first kappa shape index (κ1) is 8.82. The van der Waals surface area contributed by atoms with Crippen LogP contribution in [0, 0.1) is 6.92 Å². The second kappa shape index (κ2) is 3.54. The summed E-state index contributed by atoms with van der Waals surface area (Å²) in [5, 5.41) is 2.37. The van der Waals surface area contributed by atoms with Gasteiger partial charge in [0.1, 0.15) is 0 Å². The molecule has 0 saturated carbocycles. The number of aromatic amines is 1. The predicted molar refractivity (Wildman–Crippen MR) is 60.5 cm³/mol. The molecule has 0 radical (unpaired) electrons. The third-order valence-corrected chi connectivity index (χ3v) is 2.68. The van der Waals surface area contributed by atoms with E-state index in [4.69, 9.17) is 0 Å². The molecule has 0 aliphatic heterocycles. The predicted octanol–water partition coefficient (Wildman–Crippen LogP) is 3.41. The third-order valence-electron chi connectivity index (χ3n) is 2.29. The van der Waals surface area contributed by atoms with E-state index in [0.717, 1.165) is 11.8 Å². The third kappa shape index (κ3) is 1.63. The number of halogens is 1. The summed E-state index contributed by atoms with van der Waals surface area (Å²) >= 11 is 3.46. The fraction of sp³-hybridized carbons (Fsp3) is 0.273. The lowest BCUT2D eigenvalue weighted by Crippen LogP contribution is -1.82. The van der Waals surface area contributed by atoms with Gasteiger partial charge in [0.25, 0.3) is 0 Å². The fourth-order valence-corrected chi connectivity index (χ4v) is 2.04. The quantitative estimate of drug-likeness (QED) is 0.771. The SMILES string of the molecule is Cc1ccc2c(CCBr)c[nH]c2c1. The molecule has 0 aliphatic carbocycles. The van der Waals surface area contributed by atoms with Gasteiger partial charge in [-0.1, -0.05) is 28.1 Å². The highest BCUT2D eigenvalue weighted by molar-refractivity contribution is 9.09. The number of benzene rings is 1. The first-order valence-corrected chi connectivity index (χ1v) is 5.56. The van der Waals surface area contributed by atoms with Gasteiger partial charge < -0.3 is 4.98 Å². The minimum absolute atomic E-state index is 1.02. The van der Waals surface area contributed by atoms with Gasteiger partial charge in [0.15, 0.2) is 0 Å². The van der Waals surface area contributed by atoms with Crippen molar-refractivity contribution in [3.63, 3.8) is 0 Å². The van der Waals surface area contributed by atoms with Crippen molar-refractivity contribution in [2.24, 2.45) is 0 Å². The molecule has 1 heterocycles. The Balaban J connectivity index is 2.55. The highest BCUT2D eigenvalue weighted by Crippen LogP contribution is 2.20. The van der Waals surface area contributed by atoms with Crippen LogP contribution in [0.3, 0.4) is 0 Å². The van der Waals surface area contributed by atoms with Crippen molar-refractivity contribution in [2.75, 3.05) is 5.33 Å². The molecule has 0 bridgehead atoms. The second-order valence-electron chi connectivity index (χ2n) is 3.30. The molecule has 1 N–H and O–H groups in total. The van der Waals surface area contributed by atoms with Gasteiger partial charge in [-0.2, -0.15) is 0 Å². The number of hydrogen-bond acceptors (Lipinski definition) is 0. The molecule has 2 aromatic rings. The Hall–Kier alpha value is -0.760. The van der Waals surface area contributed by atoms with E-state index in [1.165, 1.54) is 22.0 Å². The zero-order valence-corrected chi connectivity index (χ0v) is 9.19. The van der Waals surface area contributed by atoms with Gasteiger partial charge in [-0.25, -0.2) is 0 Å². The van der Waals surface area contributed by atoms with E-state index in [9.17, 15) is 0 Å². The molecule has 1 aromatic carbocycles. The summed E-state index contributed by atoms with van der Waals surface area (Å²) in [4.78, 5) is 3.29. The van der Waals surface area contributed by atoms with E-state index in [-0.39, 0.29) is 0 Å². The number of hydrogen-bond donors (Lipinski definition) is 1. The fourth-order valence-electron chi connectivity index (χ4n) is 1.61. The average Bonchev–Trinajstić information content (AvgIpc) is 2.49. The summed E-state index contributed by atoms with van der Waals surface area (Å²) in [6.07, 6.45) is 3.19. The Morgan fingerprint density at radius 1 is 1.38 bits per heavy atom. The number of nitrogens with one attached hydrogen (secondary N) is 1. The Kier molecular flexibility index (Phi) is 2.40. The summed E-state index contributed by atoms with van der Waals surface area (Å²) in [5.41, 5.74) is 3.95. The smallest absolute Gasteiger partial charge is 0.0459 e. The minimum Gasteiger partial charge on any atom is -0.361 e. The largest absolute Gasteiger partial charge is 0.361 e. The van der Waals surface area contributed by atoms with Gasteiger partial charge in [0, 0.05) is 22.4 Å². The summed E-state index contributed by atoms with van der Waals surface area (Å²) in [5.74, 6) is 0. The molecule has 2 heteroatoms.